The minimum Gasteiger partial charge on any atom is -0.461 e. The zero-order valence-corrected chi connectivity index (χ0v) is 13.7. The Hall–Kier alpha value is -2.24. The minimum atomic E-state index is -0.379. The third kappa shape index (κ3) is 2.98. The minimum absolute atomic E-state index is 0.0663. The first-order valence-electron chi connectivity index (χ1n) is 8.21. The van der Waals surface area contributed by atoms with Gasteiger partial charge < -0.3 is 18.8 Å². The first kappa shape index (κ1) is 15.6. The quantitative estimate of drug-likeness (QED) is 0.812. The first-order valence-corrected chi connectivity index (χ1v) is 8.21. The fraction of sp³-hybridized carbons (Fsp3) is 0.529. The Labute approximate surface area is 135 Å². The fourth-order valence-electron chi connectivity index (χ4n) is 3.19. The Morgan fingerprint density at radius 2 is 1.91 bits per heavy atom. The number of amides is 1. The Morgan fingerprint density at radius 1 is 1.17 bits per heavy atom. The Morgan fingerprint density at radius 3 is 2.61 bits per heavy atom. The average Bonchev–Trinajstić information content (AvgIpc) is 3.09. The van der Waals surface area contributed by atoms with Gasteiger partial charge in [0.1, 0.15) is 12.2 Å². The maximum absolute atomic E-state index is 12.6. The number of aromatic nitrogens is 2. The van der Waals surface area contributed by atoms with Crippen LogP contribution in [0.2, 0.25) is 0 Å². The number of carbonyl (C=O) groups excluding carboxylic acids is 2. The number of esters is 1. The Bertz CT molecular complexity index is 723. The van der Waals surface area contributed by atoms with Gasteiger partial charge in [-0.1, -0.05) is 0 Å². The predicted octanol–water partition coefficient (Wildman–Crippen LogP) is 2.17. The summed E-state index contributed by atoms with van der Waals surface area (Å²) in [6.07, 6.45) is 5.23. The molecular formula is C17H23N3O3. The third-order valence-corrected chi connectivity index (χ3v) is 4.44. The SMILES string of the molecule is CCOC(=O)c1cc2c(ccn2C)n1CC(=O)N1CCCCC1. The second kappa shape index (κ2) is 6.48. The van der Waals surface area contributed by atoms with Crippen LogP contribution in [-0.2, 0) is 23.1 Å². The number of piperidine rings is 1. The molecule has 1 fully saturated rings. The van der Waals surface area contributed by atoms with Gasteiger partial charge in [-0.3, -0.25) is 4.79 Å². The lowest BCUT2D eigenvalue weighted by molar-refractivity contribution is -0.132. The van der Waals surface area contributed by atoms with Crippen LogP contribution < -0.4 is 0 Å². The maximum atomic E-state index is 12.6. The summed E-state index contributed by atoms with van der Waals surface area (Å²) in [7, 11) is 1.92. The van der Waals surface area contributed by atoms with Crippen molar-refractivity contribution >= 4 is 22.9 Å². The smallest absolute Gasteiger partial charge is 0.355 e. The van der Waals surface area contributed by atoms with E-state index in [0.29, 0.717) is 12.3 Å². The molecule has 6 heteroatoms. The standard InChI is InChI=1S/C17H23N3O3/c1-3-23-17(22)15-11-14-13(7-10-18(14)2)20(15)12-16(21)19-8-5-4-6-9-19/h7,10-11H,3-6,8-9,12H2,1-2H3. The molecule has 0 radical (unpaired) electrons. The summed E-state index contributed by atoms with van der Waals surface area (Å²) in [5.74, 6) is -0.313. The van der Waals surface area contributed by atoms with Crippen molar-refractivity contribution in [1.29, 1.82) is 0 Å². The van der Waals surface area contributed by atoms with E-state index >= 15 is 0 Å². The third-order valence-electron chi connectivity index (χ3n) is 4.44. The fourth-order valence-corrected chi connectivity index (χ4v) is 3.19. The normalized spacial score (nSPS) is 15.1. The first-order chi connectivity index (χ1) is 11.1. The summed E-state index contributed by atoms with van der Waals surface area (Å²) < 4.78 is 8.87. The van der Waals surface area contributed by atoms with E-state index in [1.165, 1.54) is 6.42 Å². The van der Waals surface area contributed by atoms with Gasteiger partial charge in [-0.15, -0.1) is 0 Å². The van der Waals surface area contributed by atoms with Gasteiger partial charge >= 0.3 is 5.97 Å². The number of nitrogens with zero attached hydrogens (tertiary/aromatic N) is 3. The van der Waals surface area contributed by atoms with Gasteiger partial charge in [-0.25, -0.2) is 4.79 Å². The van der Waals surface area contributed by atoms with Crippen molar-refractivity contribution in [3.05, 3.63) is 24.0 Å². The molecule has 3 heterocycles. The van der Waals surface area contributed by atoms with E-state index in [4.69, 9.17) is 4.74 Å². The lowest BCUT2D eigenvalue weighted by Crippen LogP contribution is -2.38. The van der Waals surface area contributed by atoms with Crippen molar-refractivity contribution in [2.24, 2.45) is 7.05 Å². The topological polar surface area (TPSA) is 56.5 Å². The molecule has 0 N–H and O–H groups in total. The van der Waals surface area contributed by atoms with Crippen LogP contribution in [0.5, 0.6) is 0 Å². The molecule has 2 aromatic rings. The Balaban J connectivity index is 1.92. The molecule has 2 aromatic heterocycles. The number of likely N-dealkylation sites (tertiary alicyclic amines) is 1. The predicted molar refractivity (Wildman–Crippen MR) is 87.3 cm³/mol. The van der Waals surface area contributed by atoms with Gasteiger partial charge in [0.25, 0.3) is 0 Å². The Kier molecular flexibility index (Phi) is 4.41. The van der Waals surface area contributed by atoms with Crippen LogP contribution in [0.1, 0.15) is 36.7 Å². The van der Waals surface area contributed by atoms with Gasteiger partial charge in [0.15, 0.2) is 0 Å². The molecule has 3 rings (SSSR count). The number of carbonyl (C=O) groups is 2. The molecule has 0 aromatic carbocycles. The second-order valence-electron chi connectivity index (χ2n) is 5.97. The van der Waals surface area contributed by atoms with E-state index in [1.807, 2.05) is 28.8 Å². The summed E-state index contributed by atoms with van der Waals surface area (Å²) in [6.45, 7) is 3.91. The summed E-state index contributed by atoms with van der Waals surface area (Å²) in [5.41, 5.74) is 2.26. The van der Waals surface area contributed by atoms with Gasteiger partial charge in [0.05, 0.1) is 17.6 Å². The van der Waals surface area contributed by atoms with Crippen LogP contribution >= 0.6 is 0 Å². The molecule has 0 atom stereocenters. The van der Waals surface area contributed by atoms with Crippen molar-refractivity contribution in [1.82, 2.24) is 14.0 Å². The highest BCUT2D eigenvalue weighted by molar-refractivity contribution is 5.96. The van der Waals surface area contributed by atoms with E-state index in [9.17, 15) is 9.59 Å². The molecule has 124 valence electrons. The van der Waals surface area contributed by atoms with Gasteiger partial charge in [0, 0.05) is 26.3 Å². The van der Waals surface area contributed by atoms with Crippen LogP contribution in [0, 0.1) is 0 Å². The average molecular weight is 317 g/mol. The van der Waals surface area contributed by atoms with E-state index in [1.54, 1.807) is 17.6 Å². The number of fused-ring (bicyclic) bond motifs is 1. The van der Waals surface area contributed by atoms with E-state index < -0.39 is 0 Å². The largest absolute Gasteiger partial charge is 0.461 e. The van der Waals surface area contributed by atoms with Crippen LogP contribution in [0.3, 0.4) is 0 Å². The zero-order chi connectivity index (χ0) is 16.4. The van der Waals surface area contributed by atoms with Crippen LogP contribution in [0.4, 0.5) is 0 Å². The number of hydrogen-bond acceptors (Lipinski definition) is 3. The molecule has 23 heavy (non-hydrogen) atoms. The number of aryl methyl sites for hydroxylation is 1. The molecule has 0 aliphatic carbocycles. The number of rotatable bonds is 4. The molecule has 1 aliphatic heterocycles. The van der Waals surface area contributed by atoms with Crippen molar-refractivity contribution < 1.29 is 14.3 Å². The van der Waals surface area contributed by atoms with E-state index in [-0.39, 0.29) is 18.4 Å². The van der Waals surface area contributed by atoms with Crippen LogP contribution in [0.25, 0.3) is 11.0 Å². The molecule has 0 unspecified atom stereocenters. The molecule has 0 bridgehead atoms. The summed E-state index contributed by atoms with van der Waals surface area (Å²) in [6, 6.07) is 3.73. The summed E-state index contributed by atoms with van der Waals surface area (Å²) in [5, 5.41) is 0. The molecular weight excluding hydrogens is 294 g/mol. The van der Waals surface area contributed by atoms with Gasteiger partial charge in [0.2, 0.25) is 5.91 Å². The highest BCUT2D eigenvalue weighted by atomic mass is 16.5. The second-order valence-corrected chi connectivity index (χ2v) is 5.97. The van der Waals surface area contributed by atoms with Crippen LogP contribution in [-0.4, -0.2) is 45.6 Å². The van der Waals surface area contributed by atoms with Crippen LogP contribution in [0.15, 0.2) is 18.3 Å². The monoisotopic (exact) mass is 317 g/mol. The highest BCUT2D eigenvalue weighted by Crippen LogP contribution is 2.22. The lowest BCUT2D eigenvalue weighted by atomic mass is 10.1. The number of hydrogen-bond donors (Lipinski definition) is 0. The molecule has 1 aliphatic rings. The van der Waals surface area contributed by atoms with E-state index in [0.717, 1.165) is 37.0 Å². The van der Waals surface area contributed by atoms with E-state index in [2.05, 4.69) is 0 Å². The van der Waals surface area contributed by atoms with Gasteiger partial charge in [-0.2, -0.15) is 0 Å². The van der Waals surface area contributed by atoms with Crippen molar-refractivity contribution in [3.8, 4) is 0 Å². The molecule has 0 saturated carbocycles. The maximum Gasteiger partial charge on any atom is 0.355 e. The molecule has 1 saturated heterocycles. The van der Waals surface area contributed by atoms with Crippen molar-refractivity contribution in [2.45, 2.75) is 32.7 Å². The highest BCUT2D eigenvalue weighted by Gasteiger charge is 2.23. The zero-order valence-electron chi connectivity index (χ0n) is 13.7. The molecule has 1 amide bonds. The van der Waals surface area contributed by atoms with Gasteiger partial charge in [-0.05, 0) is 38.3 Å². The lowest BCUT2D eigenvalue weighted by Gasteiger charge is -2.27. The van der Waals surface area contributed by atoms with Crippen molar-refractivity contribution in [2.75, 3.05) is 19.7 Å². The van der Waals surface area contributed by atoms with Crippen molar-refractivity contribution in [3.63, 3.8) is 0 Å². The molecule has 6 nitrogen and oxygen atoms in total. The summed E-state index contributed by atoms with van der Waals surface area (Å²) in [4.78, 5) is 26.7. The summed E-state index contributed by atoms with van der Waals surface area (Å²) >= 11 is 0. The number of ether oxygens (including phenoxy) is 1. The molecule has 0 spiro atoms.